The van der Waals surface area contributed by atoms with E-state index in [1.54, 1.807) is 56.7 Å². The summed E-state index contributed by atoms with van der Waals surface area (Å²) in [6, 6.07) is 20.6. The van der Waals surface area contributed by atoms with E-state index in [-0.39, 0.29) is 28.7 Å². The first-order valence-electron chi connectivity index (χ1n) is 12.2. The Labute approximate surface area is 225 Å². The van der Waals surface area contributed by atoms with Crippen LogP contribution in [0, 0.1) is 0 Å². The number of methoxy groups -OCH3 is 2. The molecule has 7 nitrogen and oxygen atoms in total. The van der Waals surface area contributed by atoms with Crippen LogP contribution < -0.4 is 14.9 Å². The summed E-state index contributed by atoms with van der Waals surface area (Å²) >= 11 is 0. The van der Waals surface area contributed by atoms with E-state index < -0.39 is 11.6 Å². The van der Waals surface area contributed by atoms with Crippen molar-refractivity contribution in [3.8, 4) is 22.8 Å². The second-order valence-corrected chi connectivity index (χ2v) is 9.09. The smallest absolute Gasteiger partial charge is 0.234 e. The molecule has 1 aliphatic carbocycles. The van der Waals surface area contributed by atoms with Crippen molar-refractivity contribution < 1.29 is 28.6 Å². The second-order valence-electron chi connectivity index (χ2n) is 9.09. The van der Waals surface area contributed by atoms with Gasteiger partial charge < -0.3 is 19.0 Å². The van der Waals surface area contributed by atoms with Gasteiger partial charge in [-0.25, -0.2) is 0 Å². The molecule has 1 aliphatic rings. The zero-order valence-corrected chi connectivity index (χ0v) is 22.1. The highest BCUT2D eigenvalue weighted by Gasteiger charge is 2.31. The number of aliphatic hydroxyl groups is 1. The molecule has 198 valence electrons. The van der Waals surface area contributed by atoms with Gasteiger partial charge in [-0.3, -0.25) is 14.4 Å². The monoisotopic (exact) mass is 524 g/mol. The first-order chi connectivity index (χ1) is 18.7. The molecular formula is C32H28O7. The summed E-state index contributed by atoms with van der Waals surface area (Å²) in [5, 5.41) is 10.6. The summed E-state index contributed by atoms with van der Waals surface area (Å²) in [4.78, 5) is 36.0. The normalized spacial score (nSPS) is 12.4. The number of allylic oxidation sites excluding steroid dienone is 3. The van der Waals surface area contributed by atoms with Gasteiger partial charge in [0.15, 0.2) is 5.43 Å². The molecule has 0 bridgehead atoms. The van der Waals surface area contributed by atoms with Gasteiger partial charge in [0.05, 0.1) is 19.6 Å². The van der Waals surface area contributed by atoms with Crippen LogP contribution in [0.1, 0.15) is 36.2 Å². The molecule has 0 saturated carbocycles. The molecule has 0 unspecified atom stereocenters. The van der Waals surface area contributed by atoms with Gasteiger partial charge in [-0.1, -0.05) is 48.0 Å². The second kappa shape index (κ2) is 11.6. The van der Waals surface area contributed by atoms with Gasteiger partial charge >= 0.3 is 0 Å². The number of carbonyl (C=O) groups is 2. The Hall–Kier alpha value is -4.91. The highest BCUT2D eigenvalue weighted by atomic mass is 16.5. The average Bonchev–Trinajstić information content (AvgIpc) is 2.95. The predicted octanol–water partition coefficient (Wildman–Crippen LogP) is 6.55. The molecule has 0 spiro atoms. The first-order valence-corrected chi connectivity index (χ1v) is 12.2. The first kappa shape index (κ1) is 27.1. The van der Waals surface area contributed by atoms with Gasteiger partial charge in [0, 0.05) is 34.4 Å². The molecule has 1 aromatic heterocycles. The van der Waals surface area contributed by atoms with E-state index in [2.05, 4.69) is 0 Å². The van der Waals surface area contributed by atoms with Gasteiger partial charge in [-0.05, 0) is 44.5 Å². The van der Waals surface area contributed by atoms with Crippen molar-refractivity contribution >= 4 is 28.3 Å². The standard InChI is InChI=1S/C17H14O4.C15H14O3/c1-19-12-5-3-4-11(8-12)16-10-15(18)14-7-6-13(20-2)9-17(14)21-16;1-9(2)7-8-12-13(16)10-5-3-4-6-11(10)14(17)15(12)18/h3-10H,1-2H3;3-7,16H,8H2,1-2H3. The molecule has 5 rings (SSSR count). The van der Waals surface area contributed by atoms with Crippen LogP contribution in [0.15, 0.2) is 99.2 Å². The summed E-state index contributed by atoms with van der Waals surface area (Å²) in [6.45, 7) is 3.81. The van der Waals surface area contributed by atoms with E-state index in [1.165, 1.54) is 6.07 Å². The number of Topliss-reactive ketones (excluding diaryl/α,β-unsaturated/α-hetero) is 2. The van der Waals surface area contributed by atoms with Crippen molar-refractivity contribution in [2.24, 2.45) is 0 Å². The van der Waals surface area contributed by atoms with E-state index in [0.717, 1.165) is 11.1 Å². The number of hydrogen-bond donors (Lipinski definition) is 1. The van der Waals surface area contributed by atoms with Crippen LogP contribution in [0.5, 0.6) is 11.5 Å². The fraction of sp³-hybridized carbons (Fsp3) is 0.156. The molecule has 0 aliphatic heterocycles. The third-order valence-electron chi connectivity index (χ3n) is 6.20. The number of hydrogen-bond acceptors (Lipinski definition) is 7. The predicted molar refractivity (Wildman–Crippen MR) is 150 cm³/mol. The third kappa shape index (κ3) is 5.83. The Morgan fingerprint density at radius 3 is 2.21 bits per heavy atom. The molecular weight excluding hydrogens is 496 g/mol. The molecule has 0 fully saturated rings. The van der Waals surface area contributed by atoms with Gasteiger partial charge in [0.1, 0.15) is 28.6 Å². The zero-order valence-electron chi connectivity index (χ0n) is 22.1. The van der Waals surface area contributed by atoms with E-state index in [4.69, 9.17) is 13.9 Å². The highest BCUT2D eigenvalue weighted by Crippen LogP contribution is 2.30. The topological polar surface area (TPSA) is 103 Å². The molecule has 4 aromatic rings. The highest BCUT2D eigenvalue weighted by molar-refractivity contribution is 6.52. The van der Waals surface area contributed by atoms with Crippen molar-refractivity contribution in [2.45, 2.75) is 20.3 Å². The fourth-order valence-electron chi connectivity index (χ4n) is 4.09. The van der Waals surface area contributed by atoms with Gasteiger partial charge in [0.2, 0.25) is 11.6 Å². The number of ketones is 2. The number of ether oxygens (including phenoxy) is 2. The van der Waals surface area contributed by atoms with Crippen molar-refractivity contribution in [3.63, 3.8) is 0 Å². The molecule has 1 heterocycles. The van der Waals surface area contributed by atoms with Crippen LogP contribution in [0.4, 0.5) is 0 Å². The summed E-state index contributed by atoms with van der Waals surface area (Å²) < 4.78 is 16.2. The van der Waals surface area contributed by atoms with Crippen LogP contribution in [0.2, 0.25) is 0 Å². The Morgan fingerprint density at radius 2 is 1.51 bits per heavy atom. The third-order valence-corrected chi connectivity index (χ3v) is 6.20. The SMILES string of the molecule is CC(C)=CCC1=C(O)c2ccccc2C(=O)C1=O.COc1cccc(-c2cc(=O)c3ccc(OC)cc3o2)c1. The van der Waals surface area contributed by atoms with Crippen molar-refractivity contribution in [3.05, 3.63) is 111 Å². The fourth-order valence-corrected chi connectivity index (χ4v) is 4.09. The number of benzene rings is 3. The molecule has 0 radical (unpaired) electrons. The van der Waals surface area contributed by atoms with E-state index in [0.29, 0.717) is 33.8 Å². The zero-order chi connectivity index (χ0) is 28.1. The molecule has 1 N–H and O–H groups in total. The van der Waals surface area contributed by atoms with Crippen molar-refractivity contribution in [1.82, 2.24) is 0 Å². The Kier molecular flexibility index (Phi) is 8.10. The lowest BCUT2D eigenvalue weighted by atomic mass is 9.87. The maximum absolute atomic E-state index is 12.2. The van der Waals surface area contributed by atoms with E-state index in [9.17, 15) is 19.5 Å². The van der Waals surface area contributed by atoms with Crippen molar-refractivity contribution in [2.75, 3.05) is 14.2 Å². The van der Waals surface area contributed by atoms with Crippen LogP contribution in [-0.4, -0.2) is 30.9 Å². The number of aliphatic hydroxyl groups excluding tert-OH is 1. The van der Waals surface area contributed by atoms with Crippen LogP contribution in [0.25, 0.3) is 28.1 Å². The summed E-state index contributed by atoms with van der Waals surface area (Å²) in [6.07, 6.45) is 2.11. The summed E-state index contributed by atoms with van der Waals surface area (Å²) in [7, 11) is 3.17. The summed E-state index contributed by atoms with van der Waals surface area (Å²) in [5.41, 5.74) is 3.14. The van der Waals surface area contributed by atoms with Gasteiger partial charge in [0.25, 0.3) is 0 Å². The number of rotatable bonds is 5. The number of carbonyl (C=O) groups excluding carboxylic acids is 2. The number of fused-ring (bicyclic) bond motifs is 2. The van der Waals surface area contributed by atoms with Crippen LogP contribution >= 0.6 is 0 Å². The lowest BCUT2D eigenvalue weighted by Gasteiger charge is -2.16. The largest absolute Gasteiger partial charge is 0.507 e. The maximum atomic E-state index is 12.2. The minimum atomic E-state index is -0.608. The van der Waals surface area contributed by atoms with E-state index in [1.807, 2.05) is 44.2 Å². The molecule has 3 aromatic carbocycles. The Balaban J connectivity index is 0.000000183. The average molecular weight is 525 g/mol. The Morgan fingerprint density at radius 1 is 0.821 bits per heavy atom. The van der Waals surface area contributed by atoms with Gasteiger partial charge in [-0.15, -0.1) is 0 Å². The van der Waals surface area contributed by atoms with Gasteiger partial charge in [-0.2, -0.15) is 0 Å². The maximum Gasteiger partial charge on any atom is 0.234 e. The van der Waals surface area contributed by atoms with Crippen LogP contribution in [0.3, 0.4) is 0 Å². The molecule has 0 saturated heterocycles. The van der Waals surface area contributed by atoms with Crippen molar-refractivity contribution in [1.29, 1.82) is 0 Å². The Bertz CT molecular complexity index is 1680. The quantitative estimate of drug-likeness (QED) is 0.233. The molecule has 0 amide bonds. The molecule has 39 heavy (non-hydrogen) atoms. The lowest BCUT2D eigenvalue weighted by Crippen LogP contribution is -2.23. The molecule has 7 heteroatoms. The minimum absolute atomic E-state index is 0.0762. The molecule has 0 atom stereocenters. The van der Waals surface area contributed by atoms with Crippen LogP contribution in [-0.2, 0) is 4.79 Å². The summed E-state index contributed by atoms with van der Waals surface area (Å²) in [5.74, 6) is 0.630. The lowest BCUT2D eigenvalue weighted by molar-refractivity contribution is -0.112. The van der Waals surface area contributed by atoms with E-state index >= 15 is 0 Å². The minimum Gasteiger partial charge on any atom is -0.507 e.